The first-order chi connectivity index (χ1) is 17.2. The van der Waals surface area contributed by atoms with E-state index in [1.807, 2.05) is 61.5 Å². The maximum absolute atomic E-state index is 12.4. The van der Waals surface area contributed by atoms with E-state index >= 15 is 0 Å². The third-order valence-corrected chi connectivity index (χ3v) is 5.38. The van der Waals surface area contributed by atoms with E-state index < -0.39 is 31.0 Å². The minimum atomic E-state index is -4.42. The molecule has 3 aromatic rings. The summed E-state index contributed by atoms with van der Waals surface area (Å²) in [6.45, 7) is 2.04. The van der Waals surface area contributed by atoms with Crippen molar-refractivity contribution in [1.29, 1.82) is 0 Å². The Hall–Kier alpha value is -4.13. The van der Waals surface area contributed by atoms with E-state index in [0.29, 0.717) is 6.42 Å². The summed E-state index contributed by atoms with van der Waals surface area (Å²) < 4.78 is 42.2. The Labute approximate surface area is 207 Å². The number of rotatable bonds is 9. The topological polar surface area (TPSA) is 63.6 Å². The molecule has 0 aliphatic heterocycles. The highest BCUT2D eigenvalue weighted by Gasteiger charge is 2.28. The summed E-state index contributed by atoms with van der Waals surface area (Å²) in [5.41, 5.74) is 5.51. The van der Waals surface area contributed by atoms with Gasteiger partial charge < -0.3 is 9.84 Å². The molecule has 0 saturated carbocycles. The maximum atomic E-state index is 12.4. The third-order valence-electron chi connectivity index (χ3n) is 5.38. The number of allylic oxidation sites excluding steroid dienone is 1. The van der Waals surface area contributed by atoms with Gasteiger partial charge in [-0.3, -0.25) is 4.79 Å². The normalized spacial score (nSPS) is 12.3. The van der Waals surface area contributed by atoms with Crippen LogP contribution in [0.1, 0.15) is 48.4 Å². The summed E-state index contributed by atoms with van der Waals surface area (Å²) >= 11 is 0. The van der Waals surface area contributed by atoms with Crippen molar-refractivity contribution >= 4 is 29.2 Å². The number of alkyl halides is 3. The highest BCUT2D eigenvalue weighted by Crippen LogP contribution is 2.35. The summed E-state index contributed by atoms with van der Waals surface area (Å²) in [7, 11) is 0. The largest absolute Gasteiger partial charge is 0.478 e. The minimum Gasteiger partial charge on any atom is -0.478 e. The lowest BCUT2D eigenvalue weighted by atomic mass is 9.88. The second-order valence-corrected chi connectivity index (χ2v) is 7.98. The fourth-order valence-electron chi connectivity index (χ4n) is 3.72. The molecule has 0 amide bonds. The molecule has 4 nitrogen and oxygen atoms in total. The predicted octanol–water partition coefficient (Wildman–Crippen LogP) is 7.40. The van der Waals surface area contributed by atoms with Crippen LogP contribution in [0, 0.1) is 0 Å². The number of benzene rings is 3. The fraction of sp³-hybridized carbons (Fsp3) is 0.172. The SMILES string of the molecule is CC/C(=C(\c1ccc(/C=C/C(=O)O)cc1)c1ccc(OC(=O)CCC(F)(F)F)cc1)c1ccccc1. The Bertz CT molecular complexity index is 1240. The average Bonchev–Trinajstić information content (AvgIpc) is 2.86. The van der Waals surface area contributed by atoms with Gasteiger partial charge in [0.1, 0.15) is 5.75 Å². The quantitative estimate of drug-likeness (QED) is 0.146. The molecule has 0 saturated heterocycles. The molecule has 0 unspecified atom stereocenters. The number of carbonyl (C=O) groups is 2. The van der Waals surface area contributed by atoms with Crippen molar-refractivity contribution < 1.29 is 32.6 Å². The lowest BCUT2D eigenvalue weighted by Gasteiger charge is -2.17. The van der Waals surface area contributed by atoms with Gasteiger partial charge in [0.05, 0.1) is 12.8 Å². The number of ether oxygens (including phenoxy) is 1. The van der Waals surface area contributed by atoms with Gasteiger partial charge >= 0.3 is 18.1 Å². The van der Waals surface area contributed by atoms with Gasteiger partial charge in [-0.1, -0.05) is 73.7 Å². The summed E-state index contributed by atoms with van der Waals surface area (Å²) in [6, 6.07) is 24.0. The molecular weight excluding hydrogens is 469 g/mol. The highest BCUT2D eigenvalue weighted by atomic mass is 19.4. The minimum absolute atomic E-state index is 0.164. The van der Waals surface area contributed by atoms with Gasteiger partial charge in [0.2, 0.25) is 0 Å². The van der Waals surface area contributed by atoms with Gasteiger partial charge in [-0.05, 0) is 58.0 Å². The highest BCUT2D eigenvalue weighted by molar-refractivity contribution is 5.98. The molecule has 0 spiro atoms. The number of carboxylic acids is 1. The van der Waals surface area contributed by atoms with E-state index in [4.69, 9.17) is 9.84 Å². The Morgan fingerprint density at radius 1 is 0.861 bits per heavy atom. The number of carboxylic acid groups (broad SMARTS) is 1. The van der Waals surface area contributed by atoms with E-state index in [1.54, 1.807) is 24.3 Å². The van der Waals surface area contributed by atoms with Crippen molar-refractivity contribution in [3.8, 4) is 5.75 Å². The van der Waals surface area contributed by atoms with Crippen LogP contribution >= 0.6 is 0 Å². The van der Waals surface area contributed by atoms with Crippen molar-refractivity contribution in [2.75, 3.05) is 0 Å². The molecule has 3 aromatic carbocycles. The second kappa shape index (κ2) is 12.0. The first-order valence-electron chi connectivity index (χ1n) is 11.3. The van der Waals surface area contributed by atoms with E-state index in [1.165, 1.54) is 6.08 Å². The van der Waals surface area contributed by atoms with Crippen molar-refractivity contribution in [2.45, 2.75) is 32.4 Å². The Morgan fingerprint density at radius 2 is 1.44 bits per heavy atom. The standard InChI is InChI=1S/C29H25F3O4/c1-2-25(21-6-4-3-5-7-21)28(22-11-8-20(9-12-22)10-17-26(33)34)23-13-15-24(16-14-23)36-27(35)18-19-29(30,31)32/h3-17H,2,18-19H2,1H3,(H,33,34)/b17-10+,28-25-. The maximum Gasteiger partial charge on any atom is 0.389 e. The molecule has 0 bridgehead atoms. The molecule has 186 valence electrons. The second-order valence-electron chi connectivity index (χ2n) is 7.98. The lowest BCUT2D eigenvalue weighted by molar-refractivity contribution is -0.151. The van der Waals surface area contributed by atoms with Gasteiger partial charge in [-0.25, -0.2) is 4.79 Å². The molecule has 0 aliphatic rings. The fourth-order valence-corrected chi connectivity index (χ4v) is 3.72. The van der Waals surface area contributed by atoms with Gasteiger partial charge in [0.25, 0.3) is 0 Å². The monoisotopic (exact) mass is 494 g/mol. The van der Waals surface area contributed by atoms with Crippen molar-refractivity contribution in [3.05, 3.63) is 107 Å². The summed E-state index contributed by atoms with van der Waals surface area (Å²) in [5, 5.41) is 8.86. The molecule has 0 atom stereocenters. The molecule has 0 radical (unpaired) electrons. The first kappa shape index (κ1) is 26.5. The number of carbonyl (C=O) groups excluding carboxylic acids is 1. The van der Waals surface area contributed by atoms with E-state index in [2.05, 4.69) is 0 Å². The number of hydrogen-bond donors (Lipinski definition) is 1. The van der Waals surface area contributed by atoms with E-state index in [-0.39, 0.29) is 5.75 Å². The number of halogens is 3. The zero-order valence-electron chi connectivity index (χ0n) is 19.6. The summed E-state index contributed by atoms with van der Waals surface area (Å²) in [4.78, 5) is 22.6. The molecule has 7 heteroatoms. The molecule has 0 aliphatic carbocycles. The lowest BCUT2D eigenvalue weighted by Crippen LogP contribution is -2.14. The van der Waals surface area contributed by atoms with Gasteiger partial charge in [-0.2, -0.15) is 13.2 Å². The molecule has 0 heterocycles. The van der Waals surface area contributed by atoms with Crippen molar-refractivity contribution in [2.24, 2.45) is 0 Å². The molecule has 1 N–H and O–H groups in total. The van der Waals surface area contributed by atoms with Crippen LogP contribution in [-0.2, 0) is 9.59 Å². The van der Waals surface area contributed by atoms with Crippen LogP contribution in [0.2, 0.25) is 0 Å². The zero-order chi connectivity index (χ0) is 26.1. The molecular formula is C29H25F3O4. The van der Waals surface area contributed by atoms with Crippen LogP contribution < -0.4 is 4.74 Å². The zero-order valence-corrected chi connectivity index (χ0v) is 19.6. The molecule has 36 heavy (non-hydrogen) atoms. The molecule has 3 rings (SSSR count). The van der Waals surface area contributed by atoms with Crippen LogP contribution in [0.15, 0.2) is 84.9 Å². The third kappa shape index (κ3) is 7.70. The Kier molecular flexibility index (Phi) is 8.84. The van der Waals surface area contributed by atoms with Gasteiger partial charge in [0.15, 0.2) is 0 Å². The Balaban J connectivity index is 1.97. The first-order valence-corrected chi connectivity index (χ1v) is 11.3. The molecule has 0 aromatic heterocycles. The summed E-state index contributed by atoms with van der Waals surface area (Å²) in [6.07, 6.45) is -3.10. The van der Waals surface area contributed by atoms with Crippen LogP contribution in [0.5, 0.6) is 5.75 Å². The smallest absolute Gasteiger partial charge is 0.389 e. The van der Waals surface area contributed by atoms with E-state index in [9.17, 15) is 22.8 Å². The molecule has 0 fully saturated rings. The van der Waals surface area contributed by atoms with Gasteiger partial charge in [0, 0.05) is 6.08 Å². The van der Waals surface area contributed by atoms with Crippen LogP contribution in [0.4, 0.5) is 13.2 Å². The van der Waals surface area contributed by atoms with Gasteiger partial charge in [-0.15, -0.1) is 0 Å². The number of esters is 1. The van der Waals surface area contributed by atoms with Crippen molar-refractivity contribution in [3.63, 3.8) is 0 Å². The number of hydrogen-bond acceptors (Lipinski definition) is 3. The van der Waals surface area contributed by atoms with E-state index in [0.717, 1.165) is 39.5 Å². The van der Waals surface area contributed by atoms with Crippen LogP contribution in [0.3, 0.4) is 0 Å². The summed E-state index contributed by atoms with van der Waals surface area (Å²) in [5.74, 6) is -1.81. The average molecular weight is 495 g/mol. The van der Waals surface area contributed by atoms with Crippen LogP contribution in [-0.4, -0.2) is 23.2 Å². The van der Waals surface area contributed by atoms with Crippen molar-refractivity contribution in [1.82, 2.24) is 0 Å². The number of aliphatic carboxylic acids is 1. The Morgan fingerprint density at radius 3 is 1.97 bits per heavy atom. The predicted molar refractivity (Wildman–Crippen MR) is 133 cm³/mol. The van der Waals surface area contributed by atoms with Crippen LogP contribution in [0.25, 0.3) is 17.2 Å².